The van der Waals surface area contributed by atoms with E-state index in [2.05, 4.69) is 10.3 Å². The smallest absolute Gasteiger partial charge is 0.394 e. The summed E-state index contributed by atoms with van der Waals surface area (Å²) in [4.78, 5) is 3.53. The van der Waals surface area contributed by atoms with Crippen LogP contribution in [0.15, 0.2) is 18.3 Å². The van der Waals surface area contributed by atoms with Crippen LogP contribution in [-0.4, -0.2) is 34.5 Å². The van der Waals surface area contributed by atoms with Gasteiger partial charge in [0.05, 0.1) is 18.3 Å². The van der Waals surface area contributed by atoms with Gasteiger partial charge in [-0.15, -0.1) is 0 Å². The first-order valence-electron chi connectivity index (χ1n) is 4.50. The van der Waals surface area contributed by atoms with Crippen LogP contribution in [0.4, 0.5) is 19.0 Å². The molecule has 0 aliphatic heterocycles. The monoisotopic (exact) mass is 236 g/mol. The summed E-state index contributed by atoms with van der Waals surface area (Å²) >= 11 is 0. The molecular formula is C9H11F3N2O2. The van der Waals surface area contributed by atoms with Crippen LogP contribution in [0, 0.1) is 0 Å². The molecule has 1 heterocycles. The molecule has 0 saturated heterocycles. The van der Waals surface area contributed by atoms with Crippen molar-refractivity contribution in [2.45, 2.75) is 12.3 Å². The highest BCUT2D eigenvalue weighted by Crippen LogP contribution is 2.33. The maximum absolute atomic E-state index is 12.5. The van der Waals surface area contributed by atoms with Crippen LogP contribution in [0.2, 0.25) is 0 Å². The van der Waals surface area contributed by atoms with E-state index < -0.39 is 24.5 Å². The van der Waals surface area contributed by atoms with Crippen LogP contribution < -0.4 is 5.32 Å². The highest BCUT2D eigenvalue weighted by molar-refractivity contribution is 5.45. The molecular weight excluding hydrogens is 225 g/mol. The van der Waals surface area contributed by atoms with Gasteiger partial charge in [0, 0.05) is 12.7 Å². The minimum atomic E-state index is -4.50. The largest absolute Gasteiger partial charge is 0.419 e. The fourth-order valence-corrected chi connectivity index (χ4v) is 1.05. The summed E-state index contributed by atoms with van der Waals surface area (Å²) in [7, 11) is 0. The van der Waals surface area contributed by atoms with E-state index in [1.54, 1.807) is 0 Å². The number of anilines is 1. The summed E-state index contributed by atoms with van der Waals surface area (Å²) in [5.41, 5.74) is -0.903. The minimum Gasteiger partial charge on any atom is -0.394 e. The van der Waals surface area contributed by atoms with Crippen molar-refractivity contribution >= 4 is 5.82 Å². The molecule has 0 aromatic carbocycles. The molecule has 1 aromatic rings. The number of nitrogens with zero attached hydrogens (tertiary/aromatic N) is 1. The van der Waals surface area contributed by atoms with Crippen molar-refractivity contribution in [1.82, 2.24) is 4.98 Å². The van der Waals surface area contributed by atoms with Gasteiger partial charge in [-0.05, 0) is 12.1 Å². The van der Waals surface area contributed by atoms with Gasteiger partial charge < -0.3 is 15.5 Å². The Balaban J connectivity index is 2.80. The molecule has 0 amide bonds. The normalized spacial score (nSPS) is 13.6. The van der Waals surface area contributed by atoms with Gasteiger partial charge in [0.15, 0.2) is 0 Å². The molecule has 0 aliphatic rings. The van der Waals surface area contributed by atoms with Crippen LogP contribution >= 0.6 is 0 Å². The number of aliphatic hydroxyl groups is 2. The average Bonchev–Trinajstić information content (AvgIpc) is 2.25. The number of aliphatic hydroxyl groups excluding tert-OH is 2. The van der Waals surface area contributed by atoms with Crippen molar-refractivity contribution in [3.8, 4) is 0 Å². The Bertz CT molecular complexity index is 344. The highest BCUT2D eigenvalue weighted by atomic mass is 19.4. The zero-order valence-electron chi connectivity index (χ0n) is 8.20. The van der Waals surface area contributed by atoms with E-state index in [1.807, 2.05) is 0 Å². The molecule has 7 heteroatoms. The van der Waals surface area contributed by atoms with E-state index >= 15 is 0 Å². The van der Waals surface area contributed by atoms with Crippen molar-refractivity contribution in [3.05, 3.63) is 23.9 Å². The molecule has 3 N–H and O–H groups in total. The van der Waals surface area contributed by atoms with Gasteiger partial charge >= 0.3 is 6.18 Å². The summed E-state index contributed by atoms with van der Waals surface area (Å²) in [6.07, 6.45) is -4.41. The molecule has 1 unspecified atom stereocenters. The van der Waals surface area contributed by atoms with Crippen molar-refractivity contribution in [2.24, 2.45) is 0 Å². The first-order valence-corrected chi connectivity index (χ1v) is 4.50. The zero-order chi connectivity index (χ0) is 12.2. The molecule has 0 saturated carbocycles. The summed E-state index contributed by atoms with van der Waals surface area (Å²) < 4.78 is 37.4. The van der Waals surface area contributed by atoms with Crippen LogP contribution in [0.25, 0.3) is 0 Å². The van der Waals surface area contributed by atoms with Crippen molar-refractivity contribution < 1.29 is 23.4 Å². The quantitative estimate of drug-likeness (QED) is 0.725. The molecule has 0 radical (unpaired) electrons. The Morgan fingerprint density at radius 1 is 1.44 bits per heavy atom. The van der Waals surface area contributed by atoms with E-state index in [0.29, 0.717) is 0 Å². The number of nitrogens with one attached hydrogen (secondary N) is 1. The minimum absolute atomic E-state index is 0.198. The lowest BCUT2D eigenvalue weighted by molar-refractivity contribution is -0.137. The molecule has 90 valence electrons. The Hall–Kier alpha value is -1.34. The third kappa shape index (κ3) is 3.35. The van der Waals surface area contributed by atoms with Gasteiger partial charge in [-0.1, -0.05) is 0 Å². The van der Waals surface area contributed by atoms with Gasteiger partial charge in [0.1, 0.15) is 5.82 Å². The van der Waals surface area contributed by atoms with Crippen molar-refractivity contribution in [3.63, 3.8) is 0 Å². The van der Waals surface area contributed by atoms with Crippen molar-refractivity contribution in [1.29, 1.82) is 0 Å². The lowest BCUT2D eigenvalue weighted by Crippen LogP contribution is -2.24. The second-order valence-electron chi connectivity index (χ2n) is 3.11. The third-order valence-corrected chi connectivity index (χ3v) is 1.83. The maximum atomic E-state index is 12.5. The van der Waals surface area contributed by atoms with E-state index in [4.69, 9.17) is 10.2 Å². The summed E-state index contributed by atoms with van der Waals surface area (Å²) in [5, 5.41) is 19.8. The van der Waals surface area contributed by atoms with Gasteiger partial charge in [-0.2, -0.15) is 13.2 Å². The molecule has 0 aliphatic carbocycles. The topological polar surface area (TPSA) is 65.4 Å². The second-order valence-corrected chi connectivity index (χ2v) is 3.11. The number of rotatable bonds is 4. The number of hydrogen-bond donors (Lipinski definition) is 3. The van der Waals surface area contributed by atoms with Crippen LogP contribution in [0.1, 0.15) is 5.56 Å². The van der Waals surface area contributed by atoms with E-state index in [1.165, 1.54) is 12.3 Å². The number of alkyl halides is 3. The van der Waals surface area contributed by atoms with Crippen LogP contribution in [0.3, 0.4) is 0 Å². The first-order chi connectivity index (χ1) is 7.45. The fourth-order valence-electron chi connectivity index (χ4n) is 1.05. The Morgan fingerprint density at radius 2 is 2.12 bits per heavy atom. The standard InChI is InChI=1S/C9H11F3N2O2/c10-9(11,12)7-2-1-3-13-8(7)14-4-6(16)5-15/h1-3,6,15-16H,4-5H2,(H,13,14). The van der Waals surface area contributed by atoms with E-state index in [0.717, 1.165) is 6.07 Å². The van der Waals surface area contributed by atoms with Gasteiger partial charge in [-0.3, -0.25) is 0 Å². The van der Waals surface area contributed by atoms with E-state index in [9.17, 15) is 13.2 Å². The molecule has 0 spiro atoms. The average molecular weight is 236 g/mol. The van der Waals surface area contributed by atoms with E-state index in [-0.39, 0.29) is 12.4 Å². The molecule has 16 heavy (non-hydrogen) atoms. The molecule has 1 atom stereocenters. The van der Waals surface area contributed by atoms with Crippen LogP contribution in [0.5, 0.6) is 0 Å². The van der Waals surface area contributed by atoms with Gasteiger partial charge in [-0.25, -0.2) is 4.98 Å². The summed E-state index contributed by atoms with van der Waals surface area (Å²) in [6.45, 7) is -0.724. The number of hydrogen-bond acceptors (Lipinski definition) is 4. The molecule has 0 bridgehead atoms. The first kappa shape index (κ1) is 12.7. The highest BCUT2D eigenvalue weighted by Gasteiger charge is 2.34. The third-order valence-electron chi connectivity index (χ3n) is 1.83. The maximum Gasteiger partial charge on any atom is 0.419 e. The SMILES string of the molecule is OCC(O)CNc1ncccc1C(F)(F)F. The molecule has 1 aromatic heterocycles. The summed E-state index contributed by atoms with van der Waals surface area (Å²) in [5.74, 6) is -0.359. The lowest BCUT2D eigenvalue weighted by Gasteiger charge is -2.14. The number of pyridine rings is 1. The van der Waals surface area contributed by atoms with Crippen molar-refractivity contribution in [2.75, 3.05) is 18.5 Å². The zero-order valence-corrected chi connectivity index (χ0v) is 8.20. The van der Waals surface area contributed by atoms with Gasteiger partial charge in [0.2, 0.25) is 0 Å². The Labute approximate surface area is 89.7 Å². The Morgan fingerprint density at radius 3 is 2.69 bits per heavy atom. The predicted octanol–water partition coefficient (Wildman–Crippen LogP) is 0.865. The predicted molar refractivity (Wildman–Crippen MR) is 50.8 cm³/mol. The van der Waals surface area contributed by atoms with Gasteiger partial charge in [0.25, 0.3) is 0 Å². The lowest BCUT2D eigenvalue weighted by atomic mass is 10.2. The molecule has 4 nitrogen and oxygen atoms in total. The number of halogens is 3. The molecule has 0 fully saturated rings. The summed E-state index contributed by atoms with van der Waals surface area (Å²) in [6, 6.07) is 2.07. The second kappa shape index (κ2) is 5.13. The van der Waals surface area contributed by atoms with Crippen LogP contribution in [-0.2, 0) is 6.18 Å². The molecule has 1 rings (SSSR count). The Kier molecular flexibility index (Phi) is 4.08. The number of aromatic nitrogens is 1. The fraction of sp³-hybridized carbons (Fsp3) is 0.444.